The van der Waals surface area contributed by atoms with E-state index in [1.54, 1.807) is 0 Å². The molecule has 0 rings (SSSR count). The van der Waals surface area contributed by atoms with Crippen molar-refractivity contribution in [3.05, 3.63) is 0 Å². The van der Waals surface area contributed by atoms with E-state index < -0.39 is 0 Å². The fourth-order valence-electron chi connectivity index (χ4n) is 0.560. The predicted octanol–water partition coefficient (Wildman–Crippen LogP) is 0.588. The average molecular weight is 178 g/mol. The summed E-state index contributed by atoms with van der Waals surface area (Å²) in [6.07, 6.45) is 0. The van der Waals surface area contributed by atoms with E-state index in [2.05, 4.69) is 49.8 Å². The molecule has 0 aliphatic heterocycles. The molecule has 2 nitrogen and oxygen atoms in total. The monoisotopic (exact) mass is 178 g/mol. The summed E-state index contributed by atoms with van der Waals surface area (Å²) in [5, 5.41) is 3.07. The smallest absolute Gasteiger partial charge is 0.0587 e. The highest BCUT2D eigenvalue weighted by Gasteiger charge is 2.02. The largest absolute Gasteiger partial charge is 0.329 e. The quantitative estimate of drug-likeness (QED) is 0.490. The van der Waals surface area contributed by atoms with E-state index in [4.69, 9.17) is 5.73 Å². The molecule has 0 saturated heterocycles. The number of nitrogens with one attached hydrogen (secondary N) is 1. The first kappa shape index (κ1) is 12.0. The van der Waals surface area contributed by atoms with Crippen molar-refractivity contribution in [1.82, 2.24) is 5.32 Å². The van der Waals surface area contributed by atoms with Crippen LogP contribution in [-0.2, 0) is 0 Å². The molecule has 0 bridgehead atoms. The molecule has 72 valence electrons. The highest BCUT2D eigenvalue weighted by Crippen LogP contribution is 2.09. The molecule has 0 atom stereocenters. The average Bonchev–Trinajstić information content (AvgIpc) is 2.01. The Kier molecular flexibility index (Phi) is 6.06. The first-order valence-corrected chi connectivity index (χ1v) is 4.47. The second-order valence-electron chi connectivity index (χ2n) is 3.77. The summed E-state index contributed by atoms with van der Waals surface area (Å²) in [6.45, 7) is 8.31. The first-order valence-electron chi connectivity index (χ1n) is 4.47. The number of rotatable bonds is 3. The molecule has 0 unspecified atom stereocenters. The summed E-state index contributed by atoms with van der Waals surface area (Å²) in [4.78, 5) is 0. The molecule has 0 radical (unpaired) electrons. The van der Waals surface area contributed by atoms with Crippen molar-refractivity contribution in [2.45, 2.75) is 20.8 Å². The van der Waals surface area contributed by atoms with Gasteiger partial charge in [-0.05, 0) is 32.6 Å². The predicted molar refractivity (Wildman–Crippen MR) is 56.9 cm³/mol. The van der Waals surface area contributed by atoms with Gasteiger partial charge >= 0.3 is 0 Å². The maximum atomic E-state index is 5.29. The van der Waals surface area contributed by atoms with E-state index in [9.17, 15) is 0 Å². The molecule has 0 heterocycles. The third-order valence-electron chi connectivity index (χ3n) is 1.12. The van der Waals surface area contributed by atoms with Gasteiger partial charge < -0.3 is 11.1 Å². The van der Waals surface area contributed by atoms with Crippen LogP contribution in [-0.4, -0.2) is 19.6 Å². The van der Waals surface area contributed by atoms with Crippen molar-refractivity contribution in [3.8, 4) is 23.7 Å². The summed E-state index contributed by atoms with van der Waals surface area (Å²) in [5.41, 5.74) is 5.33. The zero-order valence-electron chi connectivity index (χ0n) is 8.70. The first-order chi connectivity index (χ1) is 6.06. The van der Waals surface area contributed by atoms with Crippen LogP contribution in [0.2, 0.25) is 0 Å². The molecule has 0 amide bonds. The summed E-state index contributed by atoms with van der Waals surface area (Å²) in [6, 6.07) is 0. The van der Waals surface area contributed by atoms with E-state index in [1.165, 1.54) is 0 Å². The number of hydrogen-bond donors (Lipinski definition) is 2. The summed E-state index contributed by atoms with van der Waals surface area (Å²) in [5.74, 6) is 11.5. The van der Waals surface area contributed by atoms with Crippen LogP contribution in [0.5, 0.6) is 0 Å². The Bertz CT molecular complexity index is 239. The lowest BCUT2D eigenvalue weighted by molar-refractivity contribution is 0.571. The highest BCUT2D eigenvalue weighted by molar-refractivity contribution is 5.28. The lowest BCUT2D eigenvalue weighted by Crippen LogP contribution is -2.22. The molecule has 0 aromatic heterocycles. The standard InChI is InChI=1S/C11H18N2/c1-11(2,3)7-5-4-6-9-13-10-8-12/h13H,8-10,12H2,1-3H3. The second kappa shape index (κ2) is 6.54. The van der Waals surface area contributed by atoms with Crippen molar-refractivity contribution >= 4 is 0 Å². The third kappa shape index (κ3) is 11.0. The molecule has 0 aliphatic rings. The van der Waals surface area contributed by atoms with E-state index in [1.807, 2.05) is 0 Å². The zero-order valence-corrected chi connectivity index (χ0v) is 8.70. The molecule has 0 aliphatic carbocycles. The molecule has 0 aromatic carbocycles. The van der Waals surface area contributed by atoms with Gasteiger partial charge in [0.25, 0.3) is 0 Å². The highest BCUT2D eigenvalue weighted by atomic mass is 14.9. The Hall–Kier alpha value is -0.960. The van der Waals surface area contributed by atoms with Crippen LogP contribution in [0.3, 0.4) is 0 Å². The molecule has 0 aromatic rings. The fourth-order valence-corrected chi connectivity index (χ4v) is 0.560. The van der Waals surface area contributed by atoms with Crippen molar-refractivity contribution in [2.75, 3.05) is 19.6 Å². The van der Waals surface area contributed by atoms with Gasteiger partial charge in [-0.2, -0.15) is 0 Å². The van der Waals surface area contributed by atoms with Gasteiger partial charge in [-0.3, -0.25) is 0 Å². The SMILES string of the molecule is CC(C)(C)C#CC#CCNCCN. The van der Waals surface area contributed by atoms with Crippen LogP contribution >= 0.6 is 0 Å². The minimum Gasteiger partial charge on any atom is -0.329 e. The van der Waals surface area contributed by atoms with Crippen molar-refractivity contribution in [3.63, 3.8) is 0 Å². The van der Waals surface area contributed by atoms with Crippen molar-refractivity contribution < 1.29 is 0 Å². The van der Waals surface area contributed by atoms with E-state index in [0.717, 1.165) is 6.54 Å². The topological polar surface area (TPSA) is 38.0 Å². The summed E-state index contributed by atoms with van der Waals surface area (Å²) >= 11 is 0. The van der Waals surface area contributed by atoms with Crippen molar-refractivity contribution in [2.24, 2.45) is 11.1 Å². The molecule has 0 spiro atoms. The molecule has 2 heteroatoms. The second-order valence-corrected chi connectivity index (χ2v) is 3.77. The fraction of sp³-hybridized carbons (Fsp3) is 0.636. The Morgan fingerprint density at radius 3 is 2.46 bits per heavy atom. The van der Waals surface area contributed by atoms with Crippen LogP contribution in [0, 0.1) is 29.1 Å². The summed E-state index contributed by atoms with van der Waals surface area (Å²) < 4.78 is 0. The van der Waals surface area contributed by atoms with E-state index >= 15 is 0 Å². The Morgan fingerprint density at radius 2 is 1.92 bits per heavy atom. The normalized spacial score (nSPS) is 9.54. The Labute approximate surface area is 81.3 Å². The molecular weight excluding hydrogens is 160 g/mol. The van der Waals surface area contributed by atoms with Crippen LogP contribution in [0.15, 0.2) is 0 Å². The van der Waals surface area contributed by atoms with Gasteiger partial charge in [0, 0.05) is 18.5 Å². The van der Waals surface area contributed by atoms with Crippen molar-refractivity contribution in [1.29, 1.82) is 0 Å². The van der Waals surface area contributed by atoms with Gasteiger partial charge in [0.15, 0.2) is 0 Å². The van der Waals surface area contributed by atoms with Gasteiger partial charge in [0.05, 0.1) is 6.54 Å². The molecule has 0 saturated carbocycles. The zero-order chi connectivity index (χ0) is 10.2. The van der Waals surface area contributed by atoms with Gasteiger partial charge in [-0.1, -0.05) is 11.8 Å². The molecular formula is C11H18N2. The van der Waals surface area contributed by atoms with Gasteiger partial charge in [-0.15, -0.1) is 0 Å². The number of hydrogen-bond acceptors (Lipinski definition) is 2. The minimum atomic E-state index is 0.0410. The molecule has 3 N–H and O–H groups in total. The number of nitrogens with two attached hydrogens (primary N) is 1. The lowest BCUT2D eigenvalue weighted by atomic mass is 9.98. The van der Waals surface area contributed by atoms with E-state index in [0.29, 0.717) is 13.1 Å². The summed E-state index contributed by atoms with van der Waals surface area (Å²) in [7, 11) is 0. The van der Waals surface area contributed by atoms with Crippen LogP contribution in [0.4, 0.5) is 0 Å². The lowest BCUT2D eigenvalue weighted by Gasteiger charge is -2.05. The van der Waals surface area contributed by atoms with Gasteiger partial charge in [0.1, 0.15) is 0 Å². The maximum absolute atomic E-state index is 5.29. The molecule has 13 heavy (non-hydrogen) atoms. The third-order valence-corrected chi connectivity index (χ3v) is 1.12. The molecule has 0 fully saturated rings. The Morgan fingerprint density at radius 1 is 1.23 bits per heavy atom. The van der Waals surface area contributed by atoms with Gasteiger partial charge in [0.2, 0.25) is 0 Å². The van der Waals surface area contributed by atoms with Gasteiger partial charge in [-0.25, -0.2) is 0 Å². The van der Waals surface area contributed by atoms with E-state index in [-0.39, 0.29) is 5.41 Å². The minimum absolute atomic E-state index is 0.0410. The van der Waals surface area contributed by atoms with Crippen LogP contribution in [0.1, 0.15) is 20.8 Å². The van der Waals surface area contributed by atoms with Crippen LogP contribution in [0.25, 0.3) is 0 Å². The maximum Gasteiger partial charge on any atom is 0.0587 e. The van der Waals surface area contributed by atoms with Crippen LogP contribution < -0.4 is 11.1 Å². The Balaban J connectivity index is 3.65.